The highest BCUT2D eigenvalue weighted by Crippen LogP contribution is 2.54. The summed E-state index contributed by atoms with van der Waals surface area (Å²) < 4.78 is 121. The Hall–Kier alpha value is -3.76. The van der Waals surface area contributed by atoms with Gasteiger partial charge in [0.1, 0.15) is 5.75 Å². The average molecular weight is 516 g/mol. The number of benzene rings is 4. The van der Waals surface area contributed by atoms with Crippen molar-refractivity contribution >= 4 is 27.3 Å². The van der Waals surface area contributed by atoms with Crippen LogP contribution in [0.15, 0.2) is 72.8 Å². The smallest absolute Gasteiger partial charge is 0.460 e. The van der Waals surface area contributed by atoms with Crippen LogP contribution in [0, 0.1) is 0 Å². The molecule has 4 rings (SSSR count). The van der Waals surface area contributed by atoms with Gasteiger partial charge in [-0.1, -0.05) is 66.7 Å². The van der Waals surface area contributed by atoms with Crippen LogP contribution in [0.5, 0.6) is 5.75 Å². The first-order valence-corrected chi connectivity index (χ1v) is 10.1. The molecule has 0 saturated heterocycles. The van der Waals surface area contributed by atoms with E-state index in [4.69, 9.17) is 0 Å². The maximum atomic E-state index is 14.5. The van der Waals surface area contributed by atoms with Crippen LogP contribution < -0.4 is 0 Å². The van der Waals surface area contributed by atoms with Gasteiger partial charge in [0, 0.05) is 5.56 Å². The number of phenols is 1. The Morgan fingerprint density at radius 2 is 1.17 bits per heavy atom. The number of alkyl halides is 9. The fourth-order valence-corrected chi connectivity index (χ4v) is 3.91. The van der Waals surface area contributed by atoms with E-state index in [-0.39, 0.29) is 21.9 Å². The maximum Gasteiger partial charge on any atom is 0.460 e. The van der Waals surface area contributed by atoms with E-state index in [1.54, 1.807) is 30.3 Å². The van der Waals surface area contributed by atoms with Gasteiger partial charge >= 0.3 is 23.9 Å². The Balaban J connectivity index is 2.00. The van der Waals surface area contributed by atoms with Crippen molar-refractivity contribution in [3.63, 3.8) is 0 Å². The molecular weight excluding hydrogens is 503 g/mol. The van der Waals surface area contributed by atoms with Crippen LogP contribution in [0.25, 0.3) is 32.7 Å². The lowest BCUT2D eigenvalue weighted by Crippen LogP contribution is -2.63. The number of ketones is 1. The zero-order valence-corrected chi connectivity index (χ0v) is 17.7. The summed E-state index contributed by atoms with van der Waals surface area (Å²) in [7, 11) is 0. The van der Waals surface area contributed by atoms with Crippen molar-refractivity contribution < 1.29 is 49.4 Å². The summed E-state index contributed by atoms with van der Waals surface area (Å²) in [5.41, 5.74) is -1.64. The zero-order chi connectivity index (χ0) is 26.7. The molecule has 0 heterocycles. The lowest BCUT2D eigenvalue weighted by Gasteiger charge is -2.33. The minimum absolute atomic E-state index is 0.0386. The number of fused-ring (bicyclic) bond motifs is 2. The highest BCUT2D eigenvalue weighted by molar-refractivity contribution is 6.14. The lowest BCUT2D eigenvalue weighted by molar-refractivity contribution is -0.386. The zero-order valence-electron chi connectivity index (χ0n) is 17.7. The number of phenolic OH excluding ortho intramolecular Hbond substituents is 1. The molecular formula is C25H13F9O2. The minimum Gasteiger partial charge on any atom is -0.507 e. The Labute approximate surface area is 196 Å². The van der Waals surface area contributed by atoms with E-state index in [0.29, 0.717) is 16.8 Å². The maximum absolute atomic E-state index is 14.5. The monoisotopic (exact) mass is 516 g/mol. The van der Waals surface area contributed by atoms with Crippen LogP contribution in [0.1, 0.15) is 10.4 Å². The quantitative estimate of drug-likeness (QED) is 0.216. The summed E-state index contributed by atoms with van der Waals surface area (Å²) >= 11 is 0. The molecule has 0 spiro atoms. The van der Waals surface area contributed by atoms with Gasteiger partial charge in [0.25, 0.3) is 0 Å². The molecule has 2 nitrogen and oxygen atoms in total. The molecule has 0 aromatic heterocycles. The molecule has 0 amide bonds. The molecule has 36 heavy (non-hydrogen) atoms. The van der Waals surface area contributed by atoms with E-state index in [9.17, 15) is 49.4 Å². The lowest BCUT2D eigenvalue weighted by atomic mass is 9.88. The number of carbonyl (C=O) groups excluding carboxylic acids is 1. The van der Waals surface area contributed by atoms with Crippen molar-refractivity contribution in [1.29, 1.82) is 0 Å². The van der Waals surface area contributed by atoms with Gasteiger partial charge in [-0.05, 0) is 33.2 Å². The molecule has 0 aliphatic heterocycles. The third-order valence-corrected chi connectivity index (χ3v) is 5.76. The van der Waals surface area contributed by atoms with E-state index in [2.05, 4.69) is 0 Å². The van der Waals surface area contributed by atoms with E-state index >= 15 is 0 Å². The van der Waals surface area contributed by atoms with Crippen LogP contribution in [0.2, 0.25) is 0 Å². The molecule has 0 aliphatic carbocycles. The van der Waals surface area contributed by atoms with Crippen LogP contribution in [0.3, 0.4) is 0 Å². The molecule has 0 fully saturated rings. The van der Waals surface area contributed by atoms with Crippen molar-refractivity contribution in [2.24, 2.45) is 0 Å². The molecule has 0 aliphatic rings. The second-order valence-electron chi connectivity index (χ2n) is 7.95. The third-order valence-electron chi connectivity index (χ3n) is 5.76. The number of aromatic hydroxyl groups is 1. The Kier molecular flexibility index (Phi) is 5.73. The normalized spacial score (nSPS) is 13.4. The van der Waals surface area contributed by atoms with Gasteiger partial charge in [0.15, 0.2) is 0 Å². The number of carbonyl (C=O) groups is 1. The Bertz CT molecular complexity index is 1490. The molecule has 0 radical (unpaired) electrons. The minimum atomic E-state index is -7.25. The van der Waals surface area contributed by atoms with Crippen LogP contribution in [0.4, 0.5) is 39.5 Å². The van der Waals surface area contributed by atoms with Crippen molar-refractivity contribution in [3.8, 4) is 16.9 Å². The van der Waals surface area contributed by atoms with Gasteiger partial charge in [-0.25, -0.2) is 0 Å². The van der Waals surface area contributed by atoms with Crippen LogP contribution >= 0.6 is 0 Å². The van der Waals surface area contributed by atoms with E-state index < -0.39 is 41.0 Å². The average Bonchev–Trinajstić information content (AvgIpc) is 2.82. The molecule has 0 unspecified atom stereocenters. The predicted octanol–water partition coefficient (Wildman–Crippen LogP) is 8.02. The van der Waals surface area contributed by atoms with Crippen molar-refractivity contribution in [3.05, 3.63) is 78.4 Å². The molecule has 11 heteroatoms. The number of rotatable bonds is 5. The van der Waals surface area contributed by atoms with Crippen molar-refractivity contribution in [1.82, 2.24) is 0 Å². The summed E-state index contributed by atoms with van der Waals surface area (Å²) in [6, 6.07) is 17.2. The third kappa shape index (κ3) is 3.56. The summed E-state index contributed by atoms with van der Waals surface area (Å²) in [5.74, 6) is -25.3. The fraction of sp³-hybridized carbons (Fsp3) is 0.160. The fourth-order valence-electron chi connectivity index (χ4n) is 3.91. The number of hydrogen-bond donors (Lipinski definition) is 1. The first-order valence-electron chi connectivity index (χ1n) is 10.1. The first-order chi connectivity index (χ1) is 16.6. The van der Waals surface area contributed by atoms with Crippen LogP contribution in [-0.4, -0.2) is 34.8 Å². The topological polar surface area (TPSA) is 37.3 Å². The molecule has 0 bridgehead atoms. The van der Waals surface area contributed by atoms with Gasteiger partial charge in [0.05, 0.1) is 5.56 Å². The van der Waals surface area contributed by atoms with Crippen molar-refractivity contribution in [2.75, 3.05) is 0 Å². The van der Waals surface area contributed by atoms with E-state index in [1.165, 1.54) is 36.4 Å². The second kappa shape index (κ2) is 8.14. The van der Waals surface area contributed by atoms with Gasteiger partial charge in [-0.2, -0.15) is 39.5 Å². The Morgan fingerprint density at radius 3 is 1.78 bits per heavy atom. The molecule has 0 atom stereocenters. The molecule has 4 aromatic carbocycles. The van der Waals surface area contributed by atoms with E-state index in [1.807, 2.05) is 0 Å². The molecule has 1 N–H and O–H groups in total. The molecule has 4 aromatic rings. The largest absolute Gasteiger partial charge is 0.507 e. The first kappa shape index (κ1) is 25.3. The highest BCUT2D eigenvalue weighted by Gasteiger charge is 2.83. The highest BCUT2D eigenvalue weighted by atomic mass is 19.4. The SMILES string of the molecule is O=C(c1cc2ccccc2c(-c2cccc3ccccc23)c1O)C(F)(F)C(F)(F)C(F)(F)C(F)(F)F. The van der Waals surface area contributed by atoms with Crippen LogP contribution in [-0.2, 0) is 0 Å². The molecule has 0 saturated carbocycles. The summed E-state index contributed by atoms with van der Waals surface area (Å²) in [6.45, 7) is 0. The van der Waals surface area contributed by atoms with Gasteiger partial charge in [-0.15, -0.1) is 0 Å². The van der Waals surface area contributed by atoms with Gasteiger partial charge in [-0.3, -0.25) is 4.79 Å². The van der Waals surface area contributed by atoms with Crippen molar-refractivity contribution in [2.45, 2.75) is 23.9 Å². The van der Waals surface area contributed by atoms with E-state index in [0.717, 1.165) is 0 Å². The van der Waals surface area contributed by atoms with Gasteiger partial charge in [0.2, 0.25) is 5.78 Å². The standard InChI is InChI=1S/C25H13F9O2/c26-22(27,23(28,29)24(30,31)25(32,33)34)21(36)18-12-14-7-2-4-10-16(14)19(20(18)35)17-11-5-8-13-6-1-3-9-15(13)17/h1-12,35H. The molecule has 188 valence electrons. The summed E-state index contributed by atoms with van der Waals surface area (Å²) in [5, 5.41) is 12.1. The summed E-state index contributed by atoms with van der Waals surface area (Å²) in [4.78, 5) is 12.5. The second-order valence-corrected chi connectivity index (χ2v) is 7.95. The summed E-state index contributed by atoms with van der Waals surface area (Å²) in [6.07, 6.45) is -7.08. The number of Topliss-reactive ketones (excluding diaryl/α,β-unsaturated/α-hetero) is 1. The predicted molar refractivity (Wildman–Crippen MR) is 114 cm³/mol. The van der Waals surface area contributed by atoms with Gasteiger partial charge < -0.3 is 5.11 Å². The number of halogens is 9. The number of hydrogen-bond acceptors (Lipinski definition) is 2. The Morgan fingerprint density at radius 1 is 0.639 bits per heavy atom.